The number of hydrogen-bond acceptors (Lipinski definition) is 5. The SMILES string of the molecule is Cc1c(C(=O)N2CCCC2)sc2ncnc(NC3CCCc4ccccc43)c12. The van der Waals surface area contributed by atoms with Crippen LogP contribution >= 0.6 is 11.3 Å². The first-order chi connectivity index (χ1) is 13.7. The number of carbonyl (C=O) groups is 1. The summed E-state index contributed by atoms with van der Waals surface area (Å²) >= 11 is 1.50. The molecule has 5 rings (SSSR count). The Hall–Kier alpha value is -2.47. The van der Waals surface area contributed by atoms with Gasteiger partial charge in [0, 0.05) is 13.1 Å². The Kier molecular flexibility index (Phi) is 4.51. The zero-order valence-corrected chi connectivity index (χ0v) is 16.9. The summed E-state index contributed by atoms with van der Waals surface area (Å²) in [6.07, 6.45) is 7.21. The van der Waals surface area contributed by atoms with Gasteiger partial charge in [-0.2, -0.15) is 0 Å². The molecule has 0 bridgehead atoms. The number of anilines is 1. The average Bonchev–Trinajstić information content (AvgIpc) is 3.37. The molecule has 1 atom stereocenters. The Balaban J connectivity index is 1.52. The van der Waals surface area contributed by atoms with Gasteiger partial charge in [-0.25, -0.2) is 9.97 Å². The number of thiophene rings is 1. The number of aromatic nitrogens is 2. The van der Waals surface area contributed by atoms with Crippen molar-refractivity contribution in [3.05, 3.63) is 52.2 Å². The first-order valence-electron chi connectivity index (χ1n) is 10.1. The van der Waals surface area contributed by atoms with Gasteiger partial charge in [-0.05, 0) is 55.7 Å². The average molecular weight is 393 g/mol. The van der Waals surface area contributed by atoms with E-state index in [0.29, 0.717) is 0 Å². The van der Waals surface area contributed by atoms with Gasteiger partial charge in [0.25, 0.3) is 5.91 Å². The number of fused-ring (bicyclic) bond motifs is 2. The van der Waals surface area contributed by atoms with Crippen LogP contribution in [0.3, 0.4) is 0 Å². The number of carbonyl (C=O) groups excluding carboxylic acids is 1. The summed E-state index contributed by atoms with van der Waals surface area (Å²) in [7, 11) is 0. The second-order valence-electron chi connectivity index (χ2n) is 7.75. The van der Waals surface area contributed by atoms with Crippen molar-refractivity contribution in [1.82, 2.24) is 14.9 Å². The van der Waals surface area contributed by atoms with Gasteiger partial charge in [-0.3, -0.25) is 4.79 Å². The summed E-state index contributed by atoms with van der Waals surface area (Å²) in [5, 5.41) is 4.67. The Morgan fingerprint density at radius 1 is 1.18 bits per heavy atom. The lowest BCUT2D eigenvalue weighted by Crippen LogP contribution is -2.27. The highest BCUT2D eigenvalue weighted by molar-refractivity contribution is 7.20. The summed E-state index contributed by atoms with van der Waals surface area (Å²) < 4.78 is 0. The van der Waals surface area contributed by atoms with E-state index in [1.807, 2.05) is 11.8 Å². The maximum atomic E-state index is 13.0. The van der Waals surface area contributed by atoms with E-state index in [-0.39, 0.29) is 11.9 Å². The van der Waals surface area contributed by atoms with E-state index in [1.165, 1.54) is 28.9 Å². The van der Waals surface area contributed by atoms with E-state index < -0.39 is 0 Å². The predicted octanol–water partition coefficient (Wildman–Crippen LogP) is 4.73. The molecular formula is C22H24N4OS. The molecule has 28 heavy (non-hydrogen) atoms. The smallest absolute Gasteiger partial charge is 0.264 e. The molecule has 1 saturated heterocycles. The molecule has 1 aromatic carbocycles. The normalized spacial score (nSPS) is 19.0. The van der Waals surface area contributed by atoms with E-state index in [4.69, 9.17) is 0 Å². The first kappa shape index (κ1) is 17.6. The lowest BCUT2D eigenvalue weighted by atomic mass is 9.87. The van der Waals surface area contributed by atoms with E-state index in [9.17, 15) is 4.79 Å². The fraction of sp³-hybridized carbons (Fsp3) is 0.409. The maximum Gasteiger partial charge on any atom is 0.264 e. The number of aryl methyl sites for hydroxylation is 2. The van der Waals surface area contributed by atoms with Gasteiger partial charge in [0.05, 0.1) is 16.3 Å². The minimum atomic E-state index is 0.145. The summed E-state index contributed by atoms with van der Waals surface area (Å²) in [5.41, 5.74) is 3.79. The number of nitrogens with one attached hydrogen (secondary N) is 1. The Bertz CT molecular complexity index is 1040. The van der Waals surface area contributed by atoms with Crippen molar-refractivity contribution in [3.8, 4) is 0 Å². The second kappa shape index (κ2) is 7.17. The third-order valence-electron chi connectivity index (χ3n) is 5.99. The highest BCUT2D eigenvalue weighted by Crippen LogP contribution is 2.38. The highest BCUT2D eigenvalue weighted by Gasteiger charge is 2.27. The van der Waals surface area contributed by atoms with Crippen LogP contribution in [0.25, 0.3) is 10.2 Å². The fourth-order valence-corrected chi connectivity index (χ4v) is 5.63. The highest BCUT2D eigenvalue weighted by atomic mass is 32.1. The molecule has 6 heteroatoms. The van der Waals surface area contributed by atoms with Crippen LogP contribution in [0.1, 0.15) is 58.1 Å². The molecule has 1 unspecified atom stereocenters. The third-order valence-corrected chi connectivity index (χ3v) is 7.18. The molecular weight excluding hydrogens is 368 g/mol. The molecule has 1 aliphatic carbocycles. The fourth-order valence-electron chi connectivity index (χ4n) is 4.52. The molecule has 2 aromatic heterocycles. The molecule has 0 spiro atoms. The van der Waals surface area contributed by atoms with Crippen LogP contribution in [0.15, 0.2) is 30.6 Å². The van der Waals surface area contributed by atoms with E-state index in [1.54, 1.807) is 6.33 Å². The van der Waals surface area contributed by atoms with Crippen molar-refractivity contribution < 1.29 is 4.79 Å². The molecule has 1 aliphatic heterocycles. The van der Waals surface area contributed by atoms with Crippen molar-refractivity contribution in [3.63, 3.8) is 0 Å². The zero-order valence-electron chi connectivity index (χ0n) is 16.1. The van der Waals surface area contributed by atoms with Crippen LogP contribution in [-0.2, 0) is 6.42 Å². The van der Waals surface area contributed by atoms with Gasteiger partial charge in [-0.1, -0.05) is 24.3 Å². The molecule has 3 heterocycles. The number of rotatable bonds is 3. The largest absolute Gasteiger partial charge is 0.363 e. The quantitative estimate of drug-likeness (QED) is 0.700. The number of hydrogen-bond donors (Lipinski definition) is 1. The molecule has 1 N–H and O–H groups in total. The van der Waals surface area contributed by atoms with Crippen LogP contribution in [-0.4, -0.2) is 33.9 Å². The van der Waals surface area contributed by atoms with Crippen molar-refractivity contribution >= 4 is 33.3 Å². The molecule has 1 fully saturated rings. The van der Waals surface area contributed by atoms with E-state index >= 15 is 0 Å². The monoisotopic (exact) mass is 392 g/mol. The summed E-state index contributed by atoms with van der Waals surface area (Å²) in [6.45, 7) is 3.76. The summed E-state index contributed by atoms with van der Waals surface area (Å²) in [5.74, 6) is 0.993. The van der Waals surface area contributed by atoms with Crippen molar-refractivity contribution in [2.45, 2.75) is 45.1 Å². The van der Waals surface area contributed by atoms with Gasteiger partial charge in [-0.15, -0.1) is 11.3 Å². The summed E-state index contributed by atoms with van der Waals surface area (Å²) in [6, 6.07) is 8.91. The molecule has 1 amide bonds. The van der Waals surface area contributed by atoms with Crippen LogP contribution in [0.5, 0.6) is 0 Å². The molecule has 0 radical (unpaired) electrons. The van der Waals surface area contributed by atoms with Crippen molar-refractivity contribution in [2.24, 2.45) is 0 Å². The first-order valence-corrected chi connectivity index (χ1v) is 10.9. The molecule has 144 valence electrons. The van der Waals surface area contributed by atoms with Crippen LogP contribution in [0.4, 0.5) is 5.82 Å². The predicted molar refractivity (Wildman–Crippen MR) is 113 cm³/mol. The third kappa shape index (κ3) is 2.96. The minimum absolute atomic E-state index is 0.145. The minimum Gasteiger partial charge on any atom is -0.363 e. The van der Waals surface area contributed by atoms with E-state index in [2.05, 4.69) is 39.6 Å². The van der Waals surface area contributed by atoms with Gasteiger partial charge >= 0.3 is 0 Å². The van der Waals surface area contributed by atoms with Crippen LogP contribution in [0, 0.1) is 6.92 Å². The number of benzene rings is 1. The lowest BCUT2D eigenvalue weighted by molar-refractivity contribution is 0.0797. The van der Waals surface area contributed by atoms with Gasteiger partial charge in [0.1, 0.15) is 17.0 Å². The van der Waals surface area contributed by atoms with Crippen molar-refractivity contribution in [2.75, 3.05) is 18.4 Å². The van der Waals surface area contributed by atoms with Crippen LogP contribution in [0.2, 0.25) is 0 Å². The van der Waals surface area contributed by atoms with E-state index in [0.717, 1.165) is 65.2 Å². The van der Waals surface area contributed by atoms with Crippen molar-refractivity contribution in [1.29, 1.82) is 0 Å². The topological polar surface area (TPSA) is 58.1 Å². The molecule has 2 aliphatic rings. The molecule has 3 aromatic rings. The summed E-state index contributed by atoms with van der Waals surface area (Å²) in [4.78, 5) is 25.7. The zero-order chi connectivity index (χ0) is 19.1. The van der Waals surface area contributed by atoms with Gasteiger partial charge < -0.3 is 10.2 Å². The Morgan fingerprint density at radius 2 is 2.00 bits per heavy atom. The van der Waals surface area contributed by atoms with Gasteiger partial charge in [0.15, 0.2) is 0 Å². The molecule has 5 nitrogen and oxygen atoms in total. The van der Waals surface area contributed by atoms with Crippen LogP contribution < -0.4 is 5.32 Å². The maximum absolute atomic E-state index is 13.0. The second-order valence-corrected chi connectivity index (χ2v) is 8.74. The number of likely N-dealkylation sites (tertiary alicyclic amines) is 1. The van der Waals surface area contributed by atoms with Gasteiger partial charge in [0.2, 0.25) is 0 Å². The Labute approximate surface area is 168 Å². The standard InChI is InChI=1S/C22H24N4OS/c1-14-18-20(25-17-10-6-8-15-7-2-3-9-16(15)17)23-13-24-21(18)28-19(14)22(27)26-11-4-5-12-26/h2-3,7,9,13,17H,4-6,8,10-12H2,1H3,(H,23,24,25). The lowest BCUT2D eigenvalue weighted by Gasteiger charge is -2.27. The number of amides is 1. The number of nitrogens with zero attached hydrogens (tertiary/aromatic N) is 3. The Morgan fingerprint density at radius 3 is 2.86 bits per heavy atom. The molecule has 0 saturated carbocycles.